The zero-order chi connectivity index (χ0) is 11.8. The van der Waals surface area contributed by atoms with Gasteiger partial charge in [-0.2, -0.15) is 0 Å². The molecular weight excluding hydrogens is 194 g/mol. The summed E-state index contributed by atoms with van der Waals surface area (Å²) in [4.78, 5) is 24.2. The molecule has 0 aromatic rings. The SMILES string of the molecule is CC(C)C1CC(=O)N1C(=O)OC(C)(C)C. The fraction of sp³-hybridized carbons (Fsp3) is 0.818. The molecule has 1 aliphatic rings. The van der Waals surface area contributed by atoms with E-state index in [-0.39, 0.29) is 17.9 Å². The van der Waals surface area contributed by atoms with Crippen LogP contribution >= 0.6 is 0 Å². The molecule has 4 nitrogen and oxygen atoms in total. The molecule has 0 bridgehead atoms. The van der Waals surface area contributed by atoms with Crippen LogP contribution in [0.15, 0.2) is 0 Å². The molecular formula is C11H19NO3. The molecule has 0 radical (unpaired) electrons. The summed E-state index contributed by atoms with van der Waals surface area (Å²) in [7, 11) is 0. The lowest BCUT2D eigenvalue weighted by molar-refractivity contribution is -0.146. The minimum absolute atomic E-state index is 0.00681. The third-order valence-corrected chi connectivity index (χ3v) is 2.34. The van der Waals surface area contributed by atoms with Crippen LogP contribution in [0, 0.1) is 5.92 Å². The van der Waals surface area contributed by atoms with Gasteiger partial charge in [-0.25, -0.2) is 9.69 Å². The maximum atomic E-state index is 11.6. The van der Waals surface area contributed by atoms with Crippen molar-refractivity contribution in [2.24, 2.45) is 5.92 Å². The van der Waals surface area contributed by atoms with Crippen molar-refractivity contribution >= 4 is 12.0 Å². The summed E-state index contributed by atoms with van der Waals surface area (Å²) in [6.07, 6.45) is -0.0610. The molecule has 1 fully saturated rings. The Morgan fingerprint density at radius 1 is 1.47 bits per heavy atom. The predicted octanol–water partition coefficient (Wildman–Crippen LogP) is 2.18. The molecule has 0 aromatic heterocycles. The largest absolute Gasteiger partial charge is 0.443 e. The highest BCUT2D eigenvalue weighted by atomic mass is 16.6. The second-order valence-electron chi connectivity index (χ2n) is 5.26. The van der Waals surface area contributed by atoms with Gasteiger partial charge < -0.3 is 4.74 Å². The maximum Gasteiger partial charge on any atom is 0.417 e. The molecule has 1 atom stereocenters. The zero-order valence-electron chi connectivity index (χ0n) is 10.0. The van der Waals surface area contributed by atoms with E-state index < -0.39 is 11.7 Å². The molecule has 4 heteroatoms. The Morgan fingerprint density at radius 2 is 2.00 bits per heavy atom. The summed E-state index contributed by atoms with van der Waals surface area (Å²) in [5, 5.41) is 0. The van der Waals surface area contributed by atoms with Crippen LogP contribution < -0.4 is 0 Å². The number of ether oxygens (including phenoxy) is 1. The van der Waals surface area contributed by atoms with Crippen LogP contribution in [0.4, 0.5) is 4.79 Å². The number of nitrogens with zero attached hydrogens (tertiary/aromatic N) is 1. The third kappa shape index (κ3) is 2.70. The highest BCUT2D eigenvalue weighted by Gasteiger charge is 2.44. The monoisotopic (exact) mass is 213 g/mol. The van der Waals surface area contributed by atoms with Crippen molar-refractivity contribution in [3.8, 4) is 0 Å². The van der Waals surface area contributed by atoms with Crippen molar-refractivity contribution in [2.75, 3.05) is 0 Å². The highest BCUT2D eigenvalue weighted by molar-refractivity contribution is 5.97. The molecule has 86 valence electrons. The van der Waals surface area contributed by atoms with Gasteiger partial charge in [0.15, 0.2) is 0 Å². The van der Waals surface area contributed by atoms with Crippen molar-refractivity contribution in [3.63, 3.8) is 0 Å². The number of likely N-dealkylation sites (tertiary alicyclic amines) is 1. The number of hydrogen-bond acceptors (Lipinski definition) is 3. The van der Waals surface area contributed by atoms with Gasteiger partial charge in [0.2, 0.25) is 5.91 Å². The maximum absolute atomic E-state index is 11.6. The first kappa shape index (κ1) is 12.0. The van der Waals surface area contributed by atoms with E-state index in [1.165, 1.54) is 4.90 Å². The zero-order valence-corrected chi connectivity index (χ0v) is 10.0. The lowest BCUT2D eigenvalue weighted by Gasteiger charge is -2.41. The standard InChI is InChI=1S/C11H19NO3/c1-7(2)8-6-9(13)12(8)10(14)15-11(3,4)5/h7-8H,6H2,1-5H3. The van der Waals surface area contributed by atoms with Crippen LogP contribution in [-0.2, 0) is 9.53 Å². The highest BCUT2D eigenvalue weighted by Crippen LogP contribution is 2.27. The van der Waals surface area contributed by atoms with Gasteiger partial charge >= 0.3 is 6.09 Å². The molecule has 1 aliphatic heterocycles. The Morgan fingerprint density at radius 3 is 2.33 bits per heavy atom. The summed E-state index contributed by atoms with van der Waals surface area (Å²) in [6.45, 7) is 9.36. The first-order chi connectivity index (χ1) is 6.72. The van der Waals surface area contributed by atoms with Crippen LogP contribution in [0.5, 0.6) is 0 Å². The van der Waals surface area contributed by atoms with Gasteiger partial charge in [0.05, 0.1) is 6.04 Å². The first-order valence-electron chi connectivity index (χ1n) is 5.27. The van der Waals surface area contributed by atoms with Gasteiger partial charge in [-0.3, -0.25) is 4.79 Å². The summed E-state index contributed by atoms with van der Waals surface area (Å²) in [5.41, 5.74) is -0.547. The van der Waals surface area contributed by atoms with E-state index in [2.05, 4.69) is 0 Å². The molecule has 0 spiro atoms. The van der Waals surface area contributed by atoms with Crippen LogP contribution in [0.2, 0.25) is 0 Å². The average molecular weight is 213 g/mol. The van der Waals surface area contributed by atoms with Crippen molar-refractivity contribution in [1.82, 2.24) is 4.90 Å². The van der Waals surface area contributed by atoms with Gasteiger partial charge in [0.25, 0.3) is 0 Å². The smallest absolute Gasteiger partial charge is 0.417 e. The van der Waals surface area contributed by atoms with Crippen molar-refractivity contribution in [3.05, 3.63) is 0 Å². The number of carbonyl (C=O) groups is 2. The number of rotatable bonds is 1. The molecule has 1 heterocycles. The van der Waals surface area contributed by atoms with E-state index in [0.717, 1.165) is 0 Å². The van der Waals surface area contributed by atoms with E-state index in [0.29, 0.717) is 6.42 Å². The summed E-state index contributed by atoms with van der Waals surface area (Å²) >= 11 is 0. The van der Waals surface area contributed by atoms with Gasteiger partial charge in [0.1, 0.15) is 5.60 Å². The van der Waals surface area contributed by atoms with Crippen LogP contribution in [-0.4, -0.2) is 28.5 Å². The normalized spacial score (nSPS) is 21.6. The minimum atomic E-state index is -0.547. The van der Waals surface area contributed by atoms with Crippen molar-refractivity contribution < 1.29 is 14.3 Å². The quantitative estimate of drug-likeness (QED) is 0.627. The van der Waals surface area contributed by atoms with Crippen LogP contribution in [0.25, 0.3) is 0 Å². The fourth-order valence-corrected chi connectivity index (χ4v) is 1.52. The fourth-order valence-electron chi connectivity index (χ4n) is 1.52. The molecule has 0 saturated carbocycles. The average Bonchev–Trinajstić information content (AvgIpc) is 1.94. The lowest BCUT2D eigenvalue weighted by atomic mass is 9.92. The number of β-lactam (4-membered cyclic amide) rings is 1. The first-order valence-corrected chi connectivity index (χ1v) is 5.27. The Kier molecular flexibility index (Phi) is 3.07. The molecule has 15 heavy (non-hydrogen) atoms. The topological polar surface area (TPSA) is 46.6 Å². The molecule has 0 N–H and O–H groups in total. The summed E-state index contributed by atoms with van der Waals surface area (Å²) in [6, 6.07) is 0.00681. The Hall–Kier alpha value is -1.06. The van der Waals surface area contributed by atoms with Crippen LogP contribution in [0.3, 0.4) is 0 Å². The number of amides is 2. The third-order valence-electron chi connectivity index (χ3n) is 2.34. The minimum Gasteiger partial charge on any atom is -0.443 e. The van der Waals surface area contributed by atoms with Gasteiger partial charge in [-0.15, -0.1) is 0 Å². The molecule has 1 unspecified atom stereocenters. The van der Waals surface area contributed by atoms with E-state index in [1.54, 1.807) is 20.8 Å². The Balaban J connectivity index is 2.63. The van der Waals surface area contributed by atoms with Crippen molar-refractivity contribution in [1.29, 1.82) is 0 Å². The van der Waals surface area contributed by atoms with Gasteiger partial charge in [-0.05, 0) is 26.7 Å². The second-order valence-corrected chi connectivity index (χ2v) is 5.26. The van der Waals surface area contributed by atoms with Crippen LogP contribution in [0.1, 0.15) is 41.0 Å². The van der Waals surface area contributed by atoms with E-state index >= 15 is 0 Å². The molecule has 1 saturated heterocycles. The van der Waals surface area contributed by atoms with E-state index in [9.17, 15) is 9.59 Å². The summed E-state index contributed by atoms with van der Waals surface area (Å²) < 4.78 is 5.16. The number of carbonyl (C=O) groups excluding carboxylic acids is 2. The Labute approximate surface area is 90.6 Å². The van der Waals surface area contributed by atoms with E-state index in [1.807, 2.05) is 13.8 Å². The van der Waals surface area contributed by atoms with Gasteiger partial charge in [0, 0.05) is 6.42 Å². The Bertz CT molecular complexity index is 278. The van der Waals surface area contributed by atoms with Crippen molar-refractivity contribution in [2.45, 2.75) is 52.7 Å². The molecule has 0 aliphatic carbocycles. The molecule has 1 rings (SSSR count). The van der Waals surface area contributed by atoms with Gasteiger partial charge in [-0.1, -0.05) is 13.8 Å². The second kappa shape index (κ2) is 3.83. The molecule has 0 aromatic carbocycles. The molecule has 2 amide bonds. The number of imide groups is 1. The summed E-state index contributed by atoms with van der Waals surface area (Å²) in [5.74, 6) is 0.151. The lowest BCUT2D eigenvalue weighted by Crippen LogP contribution is -2.58. The predicted molar refractivity (Wildman–Crippen MR) is 56.3 cm³/mol. The number of hydrogen-bond donors (Lipinski definition) is 0. The van der Waals surface area contributed by atoms with E-state index in [4.69, 9.17) is 4.74 Å².